The number of thioether (sulfide) groups is 1. The molecule has 1 heterocycles. The monoisotopic (exact) mass is 293 g/mol. The van der Waals surface area contributed by atoms with Crippen LogP contribution in [-0.2, 0) is 0 Å². The summed E-state index contributed by atoms with van der Waals surface area (Å²) in [6.45, 7) is 5.39. The third-order valence-corrected chi connectivity index (χ3v) is 4.72. The van der Waals surface area contributed by atoms with Crippen LogP contribution in [0.1, 0.15) is 38.7 Å². The van der Waals surface area contributed by atoms with Gasteiger partial charge in [0.25, 0.3) is 0 Å². The molecule has 0 aliphatic carbocycles. The molecular formula is C15H23N3OS. The van der Waals surface area contributed by atoms with Gasteiger partial charge in [-0.15, -0.1) is 11.8 Å². The van der Waals surface area contributed by atoms with E-state index < -0.39 is 0 Å². The van der Waals surface area contributed by atoms with Crippen LogP contribution in [0.15, 0.2) is 28.3 Å². The van der Waals surface area contributed by atoms with Gasteiger partial charge in [-0.3, -0.25) is 0 Å². The molecular weight excluding hydrogens is 270 g/mol. The molecule has 0 bridgehead atoms. The largest absolute Gasteiger partial charge is 0.409 e. The zero-order chi connectivity index (χ0) is 14.5. The minimum atomic E-state index is 0.203. The summed E-state index contributed by atoms with van der Waals surface area (Å²) in [6, 6.07) is 6.67. The van der Waals surface area contributed by atoms with Gasteiger partial charge >= 0.3 is 0 Å². The molecule has 1 aliphatic heterocycles. The average Bonchev–Trinajstić information content (AvgIpc) is 2.47. The molecule has 1 aromatic carbocycles. The van der Waals surface area contributed by atoms with Gasteiger partial charge in [0, 0.05) is 23.2 Å². The maximum absolute atomic E-state index is 9.10. The van der Waals surface area contributed by atoms with Gasteiger partial charge in [0.2, 0.25) is 0 Å². The molecule has 4 nitrogen and oxygen atoms in total. The van der Waals surface area contributed by atoms with Crippen LogP contribution in [0.4, 0.5) is 5.69 Å². The number of benzene rings is 1. The second-order valence-corrected chi connectivity index (χ2v) is 6.41. The molecule has 1 aromatic rings. The van der Waals surface area contributed by atoms with Crippen LogP contribution in [-0.4, -0.2) is 29.4 Å². The lowest BCUT2D eigenvalue weighted by Crippen LogP contribution is -2.38. The summed E-state index contributed by atoms with van der Waals surface area (Å²) in [7, 11) is 0. The van der Waals surface area contributed by atoms with Crippen molar-refractivity contribution in [2.75, 3.05) is 17.2 Å². The summed E-state index contributed by atoms with van der Waals surface area (Å²) in [5.74, 6) is 1.17. The minimum absolute atomic E-state index is 0.203. The number of anilines is 1. The highest BCUT2D eigenvalue weighted by molar-refractivity contribution is 7.99. The second-order valence-electron chi connectivity index (χ2n) is 5.11. The van der Waals surface area contributed by atoms with Crippen LogP contribution in [0, 0.1) is 0 Å². The fourth-order valence-electron chi connectivity index (χ4n) is 2.80. The standard InChI is InChI=1S/C15H23N3OS/c1-3-20-13-9-6-8-12(14(13)15(16)17-19)18-10-5-4-7-11(18)2/h6,8-9,11,19H,3-5,7,10H2,1-2H3,(H2,16,17). The fourth-order valence-corrected chi connectivity index (χ4v) is 3.64. The van der Waals surface area contributed by atoms with E-state index in [1.807, 2.05) is 6.07 Å². The lowest BCUT2D eigenvalue weighted by atomic mass is 10.0. The van der Waals surface area contributed by atoms with Crippen LogP contribution >= 0.6 is 11.8 Å². The maximum atomic E-state index is 9.10. The van der Waals surface area contributed by atoms with Crippen molar-refractivity contribution in [3.63, 3.8) is 0 Å². The average molecular weight is 293 g/mol. The number of amidine groups is 1. The summed E-state index contributed by atoms with van der Waals surface area (Å²) < 4.78 is 0. The van der Waals surface area contributed by atoms with E-state index in [-0.39, 0.29) is 5.84 Å². The van der Waals surface area contributed by atoms with Crippen molar-refractivity contribution in [1.82, 2.24) is 0 Å². The van der Waals surface area contributed by atoms with Crippen LogP contribution in [0.5, 0.6) is 0 Å². The molecule has 1 unspecified atom stereocenters. The van der Waals surface area contributed by atoms with Crippen molar-refractivity contribution < 1.29 is 5.21 Å². The van der Waals surface area contributed by atoms with Gasteiger partial charge in [-0.05, 0) is 44.1 Å². The summed E-state index contributed by atoms with van der Waals surface area (Å²) in [5, 5.41) is 12.3. The Kier molecular flexibility index (Phi) is 5.17. The van der Waals surface area contributed by atoms with E-state index in [0.29, 0.717) is 6.04 Å². The Bertz CT molecular complexity index is 490. The van der Waals surface area contributed by atoms with Gasteiger partial charge in [0.1, 0.15) is 0 Å². The first-order chi connectivity index (χ1) is 9.69. The van der Waals surface area contributed by atoms with E-state index in [0.717, 1.165) is 28.4 Å². The molecule has 1 atom stereocenters. The lowest BCUT2D eigenvalue weighted by Gasteiger charge is -2.37. The highest BCUT2D eigenvalue weighted by Gasteiger charge is 2.23. The first-order valence-corrected chi connectivity index (χ1v) is 8.18. The molecule has 1 fully saturated rings. The van der Waals surface area contributed by atoms with Crippen molar-refractivity contribution in [2.45, 2.75) is 44.0 Å². The Morgan fingerprint density at radius 3 is 2.95 bits per heavy atom. The number of oxime groups is 1. The highest BCUT2D eigenvalue weighted by Crippen LogP contribution is 2.33. The van der Waals surface area contributed by atoms with Gasteiger partial charge in [0.05, 0.1) is 5.56 Å². The number of hydrogen-bond acceptors (Lipinski definition) is 4. The van der Waals surface area contributed by atoms with Crippen molar-refractivity contribution in [1.29, 1.82) is 0 Å². The Hall–Kier alpha value is -1.36. The number of nitrogens with two attached hydrogens (primary N) is 1. The van der Waals surface area contributed by atoms with E-state index in [9.17, 15) is 0 Å². The molecule has 0 aromatic heterocycles. The molecule has 3 N–H and O–H groups in total. The van der Waals surface area contributed by atoms with Gasteiger partial charge in [-0.25, -0.2) is 0 Å². The fraction of sp³-hybridized carbons (Fsp3) is 0.533. The topological polar surface area (TPSA) is 61.8 Å². The molecule has 1 aliphatic rings. The first-order valence-electron chi connectivity index (χ1n) is 7.19. The molecule has 0 amide bonds. The van der Waals surface area contributed by atoms with Crippen molar-refractivity contribution in [3.05, 3.63) is 23.8 Å². The SMILES string of the molecule is CCSc1cccc(N2CCCCC2C)c1/C(N)=N/O. The Labute approximate surface area is 125 Å². The van der Waals surface area contributed by atoms with E-state index in [4.69, 9.17) is 10.9 Å². The summed E-state index contributed by atoms with van der Waals surface area (Å²) in [4.78, 5) is 3.47. The van der Waals surface area contributed by atoms with E-state index in [1.165, 1.54) is 19.3 Å². The third kappa shape index (κ3) is 3.03. The first kappa shape index (κ1) is 15.0. The predicted octanol–water partition coefficient (Wildman–Crippen LogP) is 3.27. The molecule has 0 spiro atoms. The molecule has 110 valence electrons. The molecule has 1 saturated heterocycles. The minimum Gasteiger partial charge on any atom is -0.409 e. The van der Waals surface area contributed by atoms with Crippen molar-refractivity contribution in [3.8, 4) is 0 Å². The van der Waals surface area contributed by atoms with Crippen molar-refractivity contribution in [2.24, 2.45) is 10.9 Å². The highest BCUT2D eigenvalue weighted by atomic mass is 32.2. The van der Waals surface area contributed by atoms with Crippen LogP contribution in [0.2, 0.25) is 0 Å². The number of hydrogen-bond donors (Lipinski definition) is 2. The van der Waals surface area contributed by atoms with Gasteiger partial charge < -0.3 is 15.8 Å². The second kappa shape index (κ2) is 6.88. The lowest BCUT2D eigenvalue weighted by molar-refractivity contribution is 0.318. The van der Waals surface area contributed by atoms with Gasteiger partial charge in [-0.2, -0.15) is 0 Å². The van der Waals surface area contributed by atoms with Crippen molar-refractivity contribution >= 4 is 23.3 Å². The van der Waals surface area contributed by atoms with E-state index >= 15 is 0 Å². The molecule has 20 heavy (non-hydrogen) atoms. The smallest absolute Gasteiger partial charge is 0.173 e. The number of piperidine rings is 1. The molecule has 2 rings (SSSR count). The summed E-state index contributed by atoms with van der Waals surface area (Å²) in [5.41, 5.74) is 7.90. The van der Waals surface area contributed by atoms with Crippen LogP contribution in [0.3, 0.4) is 0 Å². The predicted molar refractivity (Wildman–Crippen MR) is 86.0 cm³/mol. The number of nitrogens with zero attached hydrogens (tertiary/aromatic N) is 2. The summed E-state index contributed by atoms with van der Waals surface area (Å²) in [6.07, 6.45) is 3.67. The molecule has 0 saturated carbocycles. The van der Waals surface area contributed by atoms with E-state index in [1.54, 1.807) is 11.8 Å². The maximum Gasteiger partial charge on any atom is 0.173 e. The quantitative estimate of drug-likeness (QED) is 0.294. The third-order valence-electron chi connectivity index (χ3n) is 3.78. The zero-order valence-electron chi connectivity index (χ0n) is 12.2. The Morgan fingerprint density at radius 1 is 1.50 bits per heavy atom. The summed E-state index contributed by atoms with van der Waals surface area (Å²) >= 11 is 1.73. The Morgan fingerprint density at radius 2 is 2.30 bits per heavy atom. The van der Waals surface area contributed by atoms with Gasteiger partial charge in [-0.1, -0.05) is 18.1 Å². The normalized spacial score (nSPS) is 20.2. The van der Waals surface area contributed by atoms with Crippen LogP contribution < -0.4 is 10.6 Å². The molecule has 5 heteroatoms. The zero-order valence-corrected chi connectivity index (χ0v) is 13.0. The van der Waals surface area contributed by atoms with Gasteiger partial charge in [0.15, 0.2) is 5.84 Å². The van der Waals surface area contributed by atoms with E-state index in [2.05, 4.69) is 36.0 Å². The Balaban J connectivity index is 2.48. The number of rotatable bonds is 4. The van der Waals surface area contributed by atoms with Crippen LogP contribution in [0.25, 0.3) is 0 Å². The molecule has 0 radical (unpaired) electrons.